The molecular formula is C56H75N9O12. The number of primary amides is 1. The first kappa shape index (κ1) is 62.0. The number of nitrogens with one attached hydrogen (secondary N) is 3. The monoisotopic (exact) mass is 1070 g/mol. The van der Waals surface area contributed by atoms with Crippen LogP contribution in [0.5, 0.6) is 23.0 Å². The third-order valence-corrected chi connectivity index (χ3v) is 12.9. The molecule has 0 saturated heterocycles. The highest BCUT2D eigenvalue weighted by atomic mass is 16.5. The lowest BCUT2D eigenvalue weighted by Crippen LogP contribution is -2.42. The number of Topliss-reactive ketones (excluding diaryl/α,β-unsaturated/α-hetero) is 4. The van der Waals surface area contributed by atoms with E-state index in [0.717, 1.165) is 0 Å². The molecule has 15 N–H and O–H groups in total. The van der Waals surface area contributed by atoms with Crippen LogP contribution >= 0.6 is 0 Å². The van der Waals surface area contributed by atoms with Gasteiger partial charge in [-0.05, 0) is 148 Å². The van der Waals surface area contributed by atoms with E-state index >= 15 is 0 Å². The summed E-state index contributed by atoms with van der Waals surface area (Å²) in [6, 6.07) is 14.9. The van der Waals surface area contributed by atoms with Gasteiger partial charge in [0.25, 0.3) is 23.6 Å². The van der Waals surface area contributed by atoms with Crippen molar-refractivity contribution in [2.24, 2.45) is 34.4 Å². The molecule has 0 aliphatic heterocycles. The first-order valence-electron chi connectivity index (χ1n) is 25.5. The molecule has 0 fully saturated rings. The molecular weight excluding hydrogens is 991 g/mol. The van der Waals surface area contributed by atoms with Crippen molar-refractivity contribution >= 4 is 46.8 Å². The molecule has 0 spiro atoms. The fraction of sp³-hybridized carbons (Fsp3) is 0.429. The number of rotatable bonds is 35. The summed E-state index contributed by atoms with van der Waals surface area (Å²) >= 11 is 0. The molecule has 0 bridgehead atoms. The smallest absolute Gasteiger partial charge is 0.255 e. The van der Waals surface area contributed by atoms with Crippen molar-refractivity contribution < 1.29 is 57.3 Å². The first-order valence-corrected chi connectivity index (χ1v) is 25.5. The van der Waals surface area contributed by atoms with Gasteiger partial charge < -0.3 is 69.3 Å². The average Bonchev–Trinajstić information content (AvgIpc) is 3.43. The molecule has 4 rings (SSSR count). The number of carbonyl (C=O) groups excluding carboxylic acids is 8. The van der Waals surface area contributed by atoms with Gasteiger partial charge in [0.1, 0.15) is 23.0 Å². The van der Waals surface area contributed by atoms with Crippen molar-refractivity contribution in [2.75, 3.05) is 54.6 Å². The number of benzene rings is 4. The number of hydrogen-bond acceptors (Lipinski definition) is 17. The van der Waals surface area contributed by atoms with Gasteiger partial charge >= 0.3 is 0 Å². The Morgan fingerprint density at radius 3 is 0.935 bits per heavy atom. The molecule has 0 unspecified atom stereocenters. The van der Waals surface area contributed by atoms with E-state index in [-0.39, 0.29) is 127 Å². The van der Waals surface area contributed by atoms with E-state index in [1.54, 1.807) is 30.3 Å². The molecule has 0 heterocycles. The zero-order chi connectivity index (χ0) is 56.6. The number of nitrogens with two attached hydrogens (primary N) is 6. The lowest BCUT2D eigenvalue weighted by atomic mass is 9.96. The molecule has 4 amide bonds. The Morgan fingerprint density at radius 1 is 0.403 bits per heavy atom. The van der Waals surface area contributed by atoms with Gasteiger partial charge in [-0.25, -0.2) is 0 Å². The molecule has 0 saturated carbocycles. The minimum atomic E-state index is -1.05. The van der Waals surface area contributed by atoms with Crippen molar-refractivity contribution in [3.05, 3.63) is 117 Å². The van der Waals surface area contributed by atoms with Gasteiger partial charge in [-0.1, -0.05) is 24.3 Å². The standard InChI is InChI=1S/C56H75N9O12/c1-74-49-17-13-33(25-37(49)53(62)70)30-46(67)42(10-6-22-58)63-55(72)39-27-35(15-19-51(39)76-3)32-48(69)44(12-8-24-60)65-56(73)40-28-36(16-20-52(40)77-4)31-47(68)43(11-7-23-59)64-54(71)38-26-34(14-18-50(38)75-2)29-45(66)41(61)9-5-21-57/h13-20,25-28,41-44H,5-12,21-24,29-32,57-61H2,1-4H3,(H2,62,70)(H,63,72)(H,64,71)(H,65,73)/t41-,42-,43-,44-/m0/s1. The van der Waals surface area contributed by atoms with Crippen LogP contribution in [0.25, 0.3) is 0 Å². The maximum atomic E-state index is 14.2. The number of hydrogen-bond donors (Lipinski definition) is 9. The predicted molar refractivity (Wildman–Crippen MR) is 290 cm³/mol. The molecule has 21 heteroatoms. The van der Waals surface area contributed by atoms with Gasteiger partial charge in [-0.3, -0.25) is 38.4 Å². The van der Waals surface area contributed by atoms with Gasteiger partial charge in [0.05, 0.1) is 74.9 Å². The van der Waals surface area contributed by atoms with Gasteiger partial charge in [0, 0.05) is 25.7 Å². The average molecular weight is 1070 g/mol. The summed E-state index contributed by atoms with van der Waals surface area (Å²) in [5.41, 5.74) is 36.8. The zero-order valence-corrected chi connectivity index (χ0v) is 44.4. The van der Waals surface area contributed by atoms with Crippen LogP contribution in [0.1, 0.15) is 115 Å². The van der Waals surface area contributed by atoms with Gasteiger partial charge in [0.15, 0.2) is 23.1 Å². The molecule has 21 nitrogen and oxygen atoms in total. The molecule has 0 aliphatic carbocycles. The minimum Gasteiger partial charge on any atom is -0.496 e. The van der Waals surface area contributed by atoms with Crippen LogP contribution in [-0.2, 0) is 44.9 Å². The van der Waals surface area contributed by atoms with Crippen LogP contribution in [0.2, 0.25) is 0 Å². The van der Waals surface area contributed by atoms with Gasteiger partial charge in [-0.15, -0.1) is 0 Å². The lowest BCUT2D eigenvalue weighted by Gasteiger charge is -2.21. The second-order valence-corrected chi connectivity index (χ2v) is 18.5. The van der Waals surface area contributed by atoms with Crippen molar-refractivity contribution in [2.45, 2.75) is 101 Å². The topological polar surface area (TPSA) is 366 Å². The molecule has 4 aromatic rings. The summed E-state index contributed by atoms with van der Waals surface area (Å²) in [4.78, 5) is 109. The Balaban J connectivity index is 1.52. The molecule has 416 valence electrons. The summed E-state index contributed by atoms with van der Waals surface area (Å²) in [7, 11) is 5.54. The Bertz CT molecular complexity index is 2720. The van der Waals surface area contributed by atoms with E-state index in [2.05, 4.69) is 16.0 Å². The summed E-state index contributed by atoms with van der Waals surface area (Å²) in [6.07, 6.45) is 2.17. The fourth-order valence-corrected chi connectivity index (χ4v) is 8.60. The molecule has 0 aliphatic rings. The molecule has 4 atom stereocenters. The van der Waals surface area contributed by atoms with E-state index in [1.807, 2.05) is 0 Å². The van der Waals surface area contributed by atoms with Crippen LogP contribution in [0.3, 0.4) is 0 Å². The lowest BCUT2D eigenvalue weighted by molar-refractivity contribution is -0.121. The fourth-order valence-electron chi connectivity index (χ4n) is 8.60. The largest absolute Gasteiger partial charge is 0.496 e. The Labute approximate surface area is 449 Å². The Hall–Kier alpha value is -7.56. The normalized spacial score (nSPS) is 12.5. The van der Waals surface area contributed by atoms with Crippen molar-refractivity contribution in [3.63, 3.8) is 0 Å². The predicted octanol–water partition coefficient (Wildman–Crippen LogP) is 1.95. The molecule has 0 radical (unpaired) electrons. The minimum absolute atomic E-state index is 0.0223. The van der Waals surface area contributed by atoms with E-state index in [1.165, 1.54) is 70.9 Å². The SMILES string of the molecule is COc1ccc(CC(=O)[C@H](CCCN)NC(=O)c2cc(CC(=O)[C@H](CCCN)NC(=O)c3cc(CC(=O)[C@H](CCCN)NC(=O)c4cc(CC(=O)[C@@H](N)CCCN)ccc4OC)ccc3OC)ccc2OC)cc1C(N)=O. The van der Waals surface area contributed by atoms with Crippen molar-refractivity contribution in [1.29, 1.82) is 0 Å². The summed E-state index contributed by atoms with van der Waals surface area (Å²) in [6.45, 7) is 1.11. The van der Waals surface area contributed by atoms with Gasteiger partial charge in [0.2, 0.25) is 0 Å². The van der Waals surface area contributed by atoms with Crippen LogP contribution in [-0.4, -0.2) is 126 Å². The van der Waals surface area contributed by atoms with Crippen molar-refractivity contribution in [3.8, 4) is 23.0 Å². The number of methoxy groups -OCH3 is 4. The Kier molecular flexibility index (Phi) is 25.3. The van der Waals surface area contributed by atoms with E-state index in [0.29, 0.717) is 60.9 Å². The summed E-state index contributed by atoms with van der Waals surface area (Å²) in [5, 5.41) is 8.45. The number of amides is 4. The number of carbonyl (C=O) groups is 8. The van der Waals surface area contributed by atoms with E-state index in [4.69, 9.17) is 53.3 Å². The number of ketones is 4. The van der Waals surface area contributed by atoms with Crippen LogP contribution in [0.4, 0.5) is 0 Å². The molecule has 4 aromatic carbocycles. The third-order valence-electron chi connectivity index (χ3n) is 12.9. The Morgan fingerprint density at radius 2 is 0.662 bits per heavy atom. The first-order chi connectivity index (χ1) is 36.9. The van der Waals surface area contributed by atoms with E-state index in [9.17, 15) is 38.4 Å². The highest BCUT2D eigenvalue weighted by Gasteiger charge is 2.29. The molecule has 0 aromatic heterocycles. The zero-order valence-electron chi connectivity index (χ0n) is 44.4. The maximum absolute atomic E-state index is 14.2. The quantitative estimate of drug-likeness (QED) is 0.0318. The highest BCUT2D eigenvalue weighted by Crippen LogP contribution is 2.26. The number of ether oxygens (including phenoxy) is 4. The maximum Gasteiger partial charge on any atom is 0.255 e. The second kappa shape index (κ2) is 31.5. The summed E-state index contributed by atoms with van der Waals surface area (Å²) in [5.74, 6) is -3.20. The van der Waals surface area contributed by atoms with Crippen LogP contribution in [0, 0.1) is 0 Å². The van der Waals surface area contributed by atoms with Crippen LogP contribution < -0.4 is 69.3 Å². The van der Waals surface area contributed by atoms with Crippen LogP contribution in [0.15, 0.2) is 72.8 Å². The second-order valence-electron chi connectivity index (χ2n) is 18.5. The van der Waals surface area contributed by atoms with E-state index < -0.39 is 53.6 Å². The summed E-state index contributed by atoms with van der Waals surface area (Å²) < 4.78 is 21.7. The van der Waals surface area contributed by atoms with Gasteiger partial charge in [-0.2, -0.15) is 0 Å². The molecule has 77 heavy (non-hydrogen) atoms. The third kappa shape index (κ3) is 18.3. The highest BCUT2D eigenvalue weighted by molar-refractivity contribution is 6.03. The van der Waals surface area contributed by atoms with Crippen molar-refractivity contribution in [1.82, 2.24) is 16.0 Å².